The van der Waals surface area contributed by atoms with Crippen LogP contribution in [0.4, 0.5) is 0 Å². The second-order valence-electron chi connectivity index (χ2n) is 4.03. The van der Waals surface area contributed by atoms with Crippen LogP contribution in [0.5, 0.6) is 0 Å². The molecule has 0 spiro atoms. The number of hydrogen-bond acceptors (Lipinski definition) is 3. The van der Waals surface area contributed by atoms with E-state index in [1.807, 2.05) is 0 Å². The number of ketones is 1. The maximum absolute atomic E-state index is 12.1. The summed E-state index contributed by atoms with van der Waals surface area (Å²) in [7, 11) is -3.39. The van der Waals surface area contributed by atoms with Crippen LogP contribution < -0.4 is 0 Å². The van der Waals surface area contributed by atoms with Crippen molar-refractivity contribution >= 4 is 15.6 Å². The molecule has 0 aliphatic carbocycles. The SMILES string of the molecule is CC(=O)CC(C)S(=O)(=O)c1ccccc1C. The summed E-state index contributed by atoms with van der Waals surface area (Å²) < 4.78 is 24.3. The van der Waals surface area contributed by atoms with Gasteiger partial charge in [-0.25, -0.2) is 8.42 Å². The molecule has 0 N–H and O–H groups in total. The fraction of sp³-hybridized carbons (Fsp3) is 0.417. The van der Waals surface area contributed by atoms with Crippen LogP contribution in [0.3, 0.4) is 0 Å². The van der Waals surface area contributed by atoms with Crippen LogP contribution in [0.25, 0.3) is 0 Å². The van der Waals surface area contributed by atoms with Crippen molar-refractivity contribution in [2.24, 2.45) is 0 Å². The number of rotatable bonds is 4. The topological polar surface area (TPSA) is 51.2 Å². The number of aryl methyl sites for hydroxylation is 1. The van der Waals surface area contributed by atoms with E-state index in [0.717, 1.165) is 5.56 Å². The molecule has 0 aromatic heterocycles. The molecule has 1 unspecified atom stereocenters. The van der Waals surface area contributed by atoms with E-state index in [0.29, 0.717) is 4.90 Å². The van der Waals surface area contributed by atoms with Crippen molar-refractivity contribution in [2.75, 3.05) is 0 Å². The third-order valence-electron chi connectivity index (χ3n) is 2.50. The Labute approximate surface area is 96.4 Å². The number of hydrogen-bond donors (Lipinski definition) is 0. The molecule has 0 fully saturated rings. The maximum atomic E-state index is 12.1. The predicted octanol–water partition coefficient (Wildman–Crippen LogP) is 2.14. The van der Waals surface area contributed by atoms with Gasteiger partial charge in [0.1, 0.15) is 5.78 Å². The normalized spacial score (nSPS) is 13.4. The van der Waals surface area contributed by atoms with E-state index in [1.54, 1.807) is 38.1 Å². The van der Waals surface area contributed by atoms with Gasteiger partial charge < -0.3 is 0 Å². The van der Waals surface area contributed by atoms with Gasteiger partial charge in [-0.1, -0.05) is 18.2 Å². The molecule has 0 radical (unpaired) electrons. The van der Waals surface area contributed by atoms with E-state index in [2.05, 4.69) is 0 Å². The third kappa shape index (κ3) is 2.70. The van der Waals surface area contributed by atoms with E-state index in [-0.39, 0.29) is 12.2 Å². The highest BCUT2D eigenvalue weighted by Gasteiger charge is 2.25. The van der Waals surface area contributed by atoms with Gasteiger partial charge in [0, 0.05) is 6.42 Å². The summed E-state index contributed by atoms with van der Waals surface area (Å²) >= 11 is 0. The zero-order valence-electron chi connectivity index (χ0n) is 9.73. The lowest BCUT2D eigenvalue weighted by Crippen LogP contribution is -2.21. The van der Waals surface area contributed by atoms with E-state index in [1.165, 1.54) is 6.92 Å². The van der Waals surface area contributed by atoms with Crippen molar-refractivity contribution in [1.29, 1.82) is 0 Å². The van der Waals surface area contributed by atoms with Crippen LogP contribution in [-0.4, -0.2) is 19.5 Å². The molecular formula is C12H16O3S. The molecule has 4 heteroatoms. The zero-order chi connectivity index (χ0) is 12.3. The molecule has 16 heavy (non-hydrogen) atoms. The van der Waals surface area contributed by atoms with E-state index < -0.39 is 15.1 Å². The Morgan fingerprint density at radius 2 is 1.88 bits per heavy atom. The van der Waals surface area contributed by atoms with E-state index in [9.17, 15) is 13.2 Å². The van der Waals surface area contributed by atoms with Crippen molar-refractivity contribution in [1.82, 2.24) is 0 Å². The van der Waals surface area contributed by atoms with Crippen LogP contribution in [-0.2, 0) is 14.6 Å². The minimum Gasteiger partial charge on any atom is -0.300 e. The summed E-state index contributed by atoms with van der Waals surface area (Å²) in [5.41, 5.74) is 0.720. The Kier molecular flexibility index (Phi) is 3.86. The van der Waals surface area contributed by atoms with Gasteiger partial charge in [-0.05, 0) is 32.4 Å². The van der Waals surface area contributed by atoms with Crippen molar-refractivity contribution in [2.45, 2.75) is 37.3 Å². The molecule has 3 nitrogen and oxygen atoms in total. The summed E-state index contributed by atoms with van der Waals surface area (Å²) in [5, 5.41) is -0.661. The Hall–Kier alpha value is -1.16. The summed E-state index contributed by atoms with van der Waals surface area (Å²) in [6.07, 6.45) is 0.0661. The fourth-order valence-electron chi connectivity index (χ4n) is 1.61. The van der Waals surface area contributed by atoms with Gasteiger partial charge in [-0.15, -0.1) is 0 Å². The summed E-state index contributed by atoms with van der Waals surface area (Å²) in [4.78, 5) is 11.3. The number of carbonyl (C=O) groups excluding carboxylic acids is 1. The fourth-order valence-corrected chi connectivity index (χ4v) is 3.28. The van der Waals surface area contributed by atoms with Crippen molar-refractivity contribution < 1.29 is 13.2 Å². The molecule has 0 bridgehead atoms. The van der Waals surface area contributed by atoms with Crippen molar-refractivity contribution in [3.8, 4) is 0 Å². The highest BCUT2D eigenvalue weighted by molar-refractivity contribution is 7.92. The number of Topliss-reactive ketones (excluding diaryl/α,β-unsaturated/α-hetero) is 1. The largest absolute Gasteiger partial charge is 0.300 e. The summed E-state index contributed by atoms with van der Waals surface area (Å²) in [6, 6.07) is 6.83. The lowest BCUT2D eigenvalue weighted by atomic mass is 10.2. The zero-order valence-corrected chi connectivity index (χ0v) is 10.5. The van der Waals surface area contributed by atoms with Crippen molar-refractivity contribution in [3.05, 3.63) is 29.8 Å². The maximum Gasteiger partial charge on any atom is 0.181 e. The molecule has 88 valence electrons. The summed E-state index contributed by atoms with van der Waals surface area (Å²) in [6.45, 7) is 4.74. The van der Waals surface area contributed by atoms with Gasteiger partial charge in [0.25, 0.3) is 0 Å². The second kappa shape index (κ2) is 4.78. The molecule has 0 amide bonds. The molecule has 1 atom stereocenters. The summed E-state index contributed by atoms with van der Waals surface area (Å²) in [5.74, 6) is -0.107. The first-order chi connectivity index (χ1) is 7.35. The lowest BCUT2D eigenvalue weighted by Gasteiger charge is -2.13. The molecule has 0 saturated carbocycles. The van der Waals surface area contributed by atoms with Gasteiger partial charge in [0.2, 0.25) is 0 Å². The number of carbonyl (C=O) groups is 1. The number of sulfone groups is 1. The van der Waals surface area contributed by atoms with Crippen LogP contribution >= 0.6 is 0 Å². The second-order valence-corrected chi connectivity index (χ2v) is 6.36. The molecule has 1 aromatic carbocycles. The molecule has 0 heterocycles. The Morgan fingerprint density at radius 1 is 1.31 bits per heavy atom. The third-order valence-corrected chi connectivity index (χ3v) is 4.80. The van der Waals surface area contributed by atoms with Crippen LogP contribution in [0.1, 0.15) is 25.8 Å². The molecular weight excluding hydrogens is 224 g/mol. The average molecular weight is 240 g/mol. The van der Waals surface area contributed by atoms with Gasteiger partial charge in [0.15, 0.2) is 9.84 Å². The average Bonchev–Trinajstić information content (AvgIpc) is 2.16. The quantitative estimate of drug-likeness (QED) is 0.810. The highest BCUT2D eigenvalue weighted by atomic mass is 32.2. The smallest absolute Gasteiger partial charge is 0.181 e. The minimum absolute atomic E-state index is 0.0661. The van der Waals surface area contributed by atoms with Crippen LogP contribution in [0, 0.1) is 6.92 Å². The first kappa shape index (κ1) is 12.9. The Balaban J connectivity index is 3.12. The highest BCUT2D eigenvalue weighted by Crippen LogP contribution is 2.21. The molecule has 1 rings (SSSR count). The predicted molar refractivity (Wildman–Crippen MR) is 63.1 cm³/mol. The molecule has 0 aliphatic heterocycles. The minimum atomic E-state index is -3.39. The van der Waals surface area contributed by atoms with Gasteiger partial charge in [-0.2, -0.15) is 0 Å². The molecule has 0 aliphatic rings. The monoisotopic (exact) mass is 240 g/mol. The Bertz CT molecular complexity index is 489. The van der Waals surface area contributed by atoms with Gasteiger partial charge in [0.05, 0.1) is 10.1 Å². The Morgan fingerprint density at radius 3 is 2.38 bits per heavy atom. The first-order valence-electron chi connectivity index (χ1n) is 5.14. The van der Waals surface area contributed by atoms with Crippen molar-refractivity contribution in [3.63, 3.8) is 0 Å². The molecule has 0 saturated heterocycles. The first-order valence-corrected chi connectivity index (χ1v) is 6.69. The van der Waals surface area contributed by atoms with Gasteiger partial charge >= 0.3 is 0 Å². The lowest BCUT2D eigenvalue weighted by molar-refractivity contribution is -0.116. The van der Waals surface area contributed by atoms with E-state index >= 15 is 0 Å². The van der Waals surface area contributed by atoms with Crippen LogP contribution in [0.2, 0.25) is 0 Å². The van der Waals surface area contributed by atoms with Gasteiger partial charge in [-0.3, -0.25) is 4.79 Å². The van der Waals surface area contributed by atoms with E-state index in [4.69, 9.17) is 0 Å². The molecule has 1 aromatic rings. The number of benzene rings is 1. The van der Waals surface area contributed by atoms with Crippen LogP contribution in [0.15, 0.2) is 29.2 Å². The standard InChI is InChI=1S/C12H16O3S/c1-9-6-4-5-7-12(9)16(14,15)11(3)8-10(2)13/h4-7,11H,8H2,1-3H3.